The number of hydrogen-bond donors (Lipinski definition) is 2. The minimum absolute atomic E-state index is 0.386. The third kappa shape index (κ3) is 3.02. The van der Waals surface area contributed by atoms with Crippen LogP contribution in [0.1, 0.15) is 24.7 Å². The van der Waals surface area contributed by atoms with Gasteiger partial charge in [0.2, 0.25) is 0 Å². The van der Waals surface area contributed by atoms with E-state index in [0.29, 0.717) is 12.2 Å². The van der Waals surface area contributed by atoms with Gasteiger partial charge in [-0.05, 0) is 19.0 Å². The summed E-state index contributed by atoms with van der Waals surface area (Å²) in [5.41, 5.74) is -0.420. The van der Waals surface area contributed by atoms with E-state index in [1.54, 1.807) is 0 Å². The largest absolute Gasteiger partial charge is 0.435 e. The second-order valence-electron chi connectivity index (χ2n) is 2.95. The molecule has 80 valence electrons. The normalized spacial score (nSPS) is 12.0. The van der Waals surface area contributed by atoms with Gasteiger partial charge in [0.1, 0.15) is 0 Å². The molecule has 1 heterocycles. The van der Waals surface area contributed by atoms with Crippen LogP contribution in [0.2, 0.25) is 0 Å². The van der Waals surface area contributed by atoms with Gasteiger partial charge >= 0.3 is 6.18 Å². The third-order valence-electron chi connectivity index (χ3n) is 1.66. The van der Waals surface area contributed by atoms with Crippen molar-refractivity contribution in [2.45, 2.75) is 26.1 Å². The Morgan fingerprint density at radius 1 is 1.50 bits per heavy atom. The van der Waals surface area contributed by atoms with Crippen LogP contribution < -0.4 is 5.32 Å². The van der Waals surface area contributed by atoms with E-state index in [2.05, 4.69) is 15.5 Å². The highest BCUT2D eigenvalue weighted by Crippen LogP contribution is 2.27. The molecule has 6 heteroatoms. The van der Waals surface area contributed by atoms with Crippen LogP contribution >= 0.6 is 0 Å². The van der Waals surface area contributed by atoms with E-state index in [-0.39, 0.29) is 0 Å². The van der Waals surface area contributed by atoms with Crippen molar-refractivity contribution in [2.24, 2.45) is 0 Å². The van der Waals surface area contributed by atoms with Gasteiger partial charge in [0, 0.05) is 12.2 Å². The first-order chi connectivity index (χ1) is 6.54. The van der Waals surface area contributed by atoms with Crippen molar-refractivity contribution in [1.82, 2.24) is 15.5 Å². The molecule has 0 amide bonds. The summed E-state index contributed by atoms with van der Waals surface area (Å²) in [6, 6.07) is 1.02. The van der Waals surface area contributed by atoms with Gasteiger partial charge in [-0.3, -0.25) is 5.10 Å². The molecule has 2 N–H and O–H groups in total. The molecule has 1 aromatic rings. The van der Waals surface area contributed by atoms with Gasteiger partial charge in [0.15, 0.2) is 5.69 Å². The van der Waals surface area contributed by atoms with E-state index in [0.717, 1.165) is 19.0 Å². The Kier molecular flexibility index (Phi) is 3.51. The summed E-state index contributed by atoms with van der Waals surface area (Å²) in [7, 11) is 0. The Labute approximate surface area is 79.7 Å². The van der Waals surface area contributed by atoms with Crippen molar-refractivity contribution in [3.63, 3.8) is 0 Å². The molecule has 0 unspecified atom stereocenters. The second-order valence-corrected chi connectivity index (χ2v) is 2.95. The van der Waals surface area contributed by atoms with Crippen LogP contribution in [-0.2, 0) is 12.7 Å². The molecule has 0 atom stereocenters. The van der Waals surface area contributed by atoms with E-state index in [4.69, 9.17) is 0 Å². The lowest BCUT2D eigenvalue weighted by molar-refractivity contribution is -0.141. The molecule has 0 aliphatic rings. The summed E-state index contributed by atoms with van der Waals surface area (Å²) in [5, 5.41) is 8.49. The van der Waals surface area contributed by atoms with Crippen LogP contribution in [0.15, 0.2) is 6.07 Å². The lowest BCUT2D eigenvalue weighted by Gasteiger charge is -1.99. The number of aromatic nitrogens is 2. The standard InChI is InChI=1S/C8H12F3N3/c1-2-3-12-5-6-4-7(14-13-6)8(9,10)11/h4,12H,2-3,5H2,1H3,(H,13,14). The molecule has 1 rings (SSSR count). The minimum atomic E-state index is -4.36. The van der Waals surface area contributed by atoms with Gasteiger partial charge in [0.05, 0.1) is 0 Å². The highest BCUT2D eigenvalue weighted by atomic mass is 19.4. The molecule has 0 spiro atoms. The highest BCUT2D eigenvalue weighted by molar-refractivity contribution is 5.11. The molecular formula is C8H12F3N3. The van der Waals surface area contributed by atoms with Gasteiger partial charge in [0.25, 0.3) is 0 Å². The second kappa shape index (κ2) is 4.45. The van der Waals surface area contributed by atoms with Crippen LogP contribution in [-0.4, -0.2) is 16.7 Å². The Morgan fingerprint density at radius 3 is 2.71 bits per heavy atom. The summed E-state index contributed by atoms with van der Waals surface area (Å²) in [6.07, 6.45) is -3.42. The van der Waals surface area contributed by atoms with Crippen molar-refractivity contribution >= 4 is 0 Å². The fourth-order valence-corrected chi connectivity index (χ4v) is 0.997. The van der Waals surface area contributed by atoms with Crippen LogP contribution in [0.4, 0.5) is 13.2 Å². The van der Waals surface area contributed by atoms with Crippen molar-refractivity contribution in [1.29, 1.82) is 0 Å². The number of aromatic amines is 1. The number of halogens is 3. The molecule has 3 nitrogen and oxygen atoms in total. The zero-order valence-electron chi connectivity index (χ0n) is 7.78. The van der Waals surface area contributed by atoms with Gasteiger partial charge in [-0.25, -0.2) is 0 Å². The van der Waals surface area contributed by atoms with Crippen molar-refractivity contribution in [3.05, 3.63) is 17.5 Å². The number of H-pyrrole nitrogens is 1. The molecule has 0 aliphatic carbocycles. The maximum Gasteiger partial charge on any atom is 0.435 e. The lowest BCUT2D eigenvalue weighted by Crippen LogP contribution is -2.13. The Morgan fingerprint density at radius 2 is 2.21 bits per heavy atom. The minimum Gasteiger partial charge on any atom is -0.311 e. The zero-order valence-corrected chi connectivity index (χ0v) is 7.78. The van der Waals surface area contributed by atoms with Crippen molar-refractivity contribution < 1.29 is 13.2 Å². The monoisotopic (exact) mass is 207 g/mol. The Bertz CT molecular complexity index is 280. The number of rotatable bonds is 4. The zero-order chi connectivity index (χ0) is 10.6. The Hall–Kier alpha value is -1.04. The first-order valence-corrected chi connectivity index (χ1v) is 4.36. The summed E-state index contributed by atoms with van der Waals surface area (Å²) in [4.78, 5) is 0. The number of alkyl halides is 3. The van der Waals surface area contributed by atoms with E-state index >= 15 is 0 Å². The lowest BCUT2D eigenvalue weighted by atomic mass is 10.3. The van der Waals surface area contributed by atoms with Crippen LogP contribution in [0.5, 0.6) is 0 Å². The highest BCUT2D eigenvalue weighted by Gasteiger charge is 2.33. The third-order valence-corrected chi connectivity index (χ3v) is 1.66. The summed E-state index contributed by atoms with van der Waals surface area (Å²) in [6.45, 7) is 3.15. The molecule has 0 saturated carbocycles. The molecule has 1 aromatic heterocycles. The molecule has 0 aromatic carbocycles. The molecule has 14 heavy (non-hydrogen) atoms. The topological polar surface area (TPSA) is 40.7 Å². The van der Waals surface area contributed by atoms with Crippen LogP contribution in [0.25, 0.3) is 0 Å². The van der Waals surface area contributed by atoms with Crippen molar-refractivity contribution in [3.8, 4) is 0 Å². The van der Waals surface area contributed by atoms with E-state index in [1.807, 2.05) is 6.92 Å². The number of nitrogens with zero attached hydrogens (tertiary/aromatic N) is 1. The smallest absolute Gasteiger partial charge is 0.311 e. The van der Waals surface area contributed by atoms with E-state index in [1.165, 1.54) is 0 Å². The first kappa shape index (κ1) is 11.0. The molecule has 0 bridgehead atoms. The molecule has 0 saturated heterocycles. The first-order valence-electron chi connectivity index (χ1n) is 4.36. The maximum absolute atomic E-state index is 12.1. The molecule has 0 aliphatic heterocycles. The van der Waals surface area contributed by atoms with Gasteiger partial charge < -0.3 is 5.32 Å². The average molecular weight is 207 g/mol. The van der Waals surface area contributed by atoms with Gasteiger partial charge in [-0.15, -0.1) is 0 Å². The number of nitrogens with one attached hydrogen (secondary N) is 2. The van der Waals surface area contributed by atoms with Crippen LogP contribution in [0.3, 0.4) is 0 Å². The van der Waals surface area contributed by atoms with Gasteiger partial charge in [-0.1, -0.05) is 6.92 Å². The molecule has 0 fully saturated rings. The summed E-state index contributed by atoms with van der Waals surface area (Å²) < 4.78 is 36.3. The number of hydrogen-bond acceptors (Lipinski definition) is 2. The predicted octanol–water partition coefficient (Wildman–Crippen LogP) is 1.93. The quantitative estimate of drug-likeness (QED) is 0.740. The SMILES string of the molecule is CCCNCc1cc(C(F)(F)F)n[nH]1. The Balaban J connectivity index is 2.51. The van der Waals surface area contributed by atoms with Crippen molar-refractivity contribution in [2.75, 3.05) is 6.54 Å². The average Bonchev–Trinajstić information content (AvgIpc) is 2.52. The van der Waals surface area contributed by atoms with E-state index in [9.17, 15) is 13.2 Å². The maximum atomic E-state index is 12.1. The fourth-order valence-electron chi connectivity index (χ4n) is 0.997. The van der Waals surface area contributed by atoms with E-state index < -0.39 is 11.9 Å². The van der Waals surface area contributed by atoms with Crippen LogP contribution in [0, 0.1) is 0 Å². The molecule has 0 radical (unpaired) electrons. The summed E-state index contributed by atoms with van der Waals surface area (Å²) in [5.74, 6) is 0. The predicted molar refractivity (Wildman–Crippen MR) is 45.6 cm³/mol. The molecular weight excluding hydrogens is 195 g/mol. The fraction of sp³-hybridized carbons (Fsp3) is 0.625. The van der Waals surface area contributed by atoms with Gasteiger partial charge in [-0.2, -0.15) is 18.3 Å². The summed E-state index contributed by atoms with van der Waals surface area (Å²) >= 11 is 0.